The first-order valence-electron chi connectivity index (χ1n) is 10.9. The highest BCUT2D eigenvalue weighted by Gasteiger charge is 2.42. The van der Waals surface area contributed by atoms with Gasteiger partial charge in [0.1, 0.15) is 11.5 Å². The summed E-state index contributed by atoms with van der Waals surface area (Å²) in [6, 6.07) is 25.2. The molecule has 0 saturated heterocycles. The zero-order valence-electron chi connectivity index (χ0n) is 18.1. The van der Waals surface area contributed by atoms with Gasteiger partial charge in [0.25, 0.3) is 0 Å². The predicted octanol–water partition coefficient (Wildman–Crippen LogP) is 8.38. The van der Waals surface area contributed by atoms with Gasteiger partial charge >= 0.3 is 0 Å². The smallest absolute Gasteiger partial charge is 0.213 e. The van der Waals surface area contributed by atoms with Crippen LogP contribution in [-0.4, -0.2) is 17.8 Å². The summed E-state index contributed by atoms with van der Waals surface area (Å²) in [5.74, 6) is 1.64. The van der Waals surface area contributed by atoms with E-state index in [0.717, 1.165) is 53.7 Å². The molecule has 0 aliphatic carbocycles. The largest absolute Gasteiger partial charge is 0.496 e. The van der Waals surface area contributed by atoms with Gasteiger partial charge in [-0.15, -0.1) is 0 Å². The minimum Gasteiger partial charge on any atom is -0.496 e. The van der Waals surface area contributed by atoms with Gasteiger partial charge in [0.15, 0.2) is 0 Å². The fourth-order valence-corrected chi connectivity index (χ4v) is 6.62. The second kappa shape index (κ2) is 8.70. The maximum atomic E-state index is 6.59. The van der Waals surface area contributed by atoms with Crippen LogP contribution >= 0.6 is 47.8 Å². The number of methoxy groups -OCH3 is 1. The zero-order chi connectivity index (χ0) is 23.4. The monoisotopic (exact) mass is 640 g/mol. The van der Waals surface area contributed by atoms with Gasteiger partial charge in [-0.3, -0.25) is 0 Å². The Morgan fingerprint density at radius 3 is 2.53 bits per heavy atom. The third-order valence-electron chi connectivity index (χ3n) is 6.35. The Bertz CT molecular complexity index is 1470. The molecular formula is C27H19Br3N2O2. The van der Waals surface area contributed by atoms with Crippen LogP contribution in [0.3, 0.4) is 0 Å². The third-order valence-corrected chi connectivity index (χ3v) is 8.02. The van der Waals surface area contributed by atoms with Gasteiger partial charge in [-0.25, -0.2) is 5.01 Å². The summed E-state index contributed by atoms with van der Waals surface area (Å²) in [5, 5.41) is 9.66. The highest BCUT2D eigenvalue weighted by atomic mass is 79.9. The molecule has 4 aromatic rings. The van der Waals surface area contributed by atoms with Gasteiger partial charge in [0.2, 0.25) is 6.23 Å². The van der Waals surface area contributed by atoms with Crippen LogP contribution in [0.5, 0.6) is 11.5 Å². The van der Waals surface area contributed by atoms with Crippen molar-refractivity contribution in [1.82, 2.24) is 5.01 Å². The van der Waals surface area contributed by atoms with Crippen LogP contribution in [0.4, 0.5) is 0 Å². The molecule has 2 aliphatic rings. The number of hydrazone groups is 1. The lowest BCUT2D eigenvalue weighted by Gasteiger charge is -2.38. The van der Waals surface area contributed by atoms with Crippen molar-refractivity contribution in [3.05, 3.63) is 103 Å². The van der Waals surface area contributed by atoms with E-state index in [9.17, 15) is 0 Å². The number of ether oxygens (including phenoxy) is 2. The molecule has 0 unspecified atom stereocenters. The molecule has 0 N–H and O–H groups in total. The maximum absolute atomic E-state index is 6.59. The summed E-state index contributed by atoms with van der Waals surface area (Å²) in [7, 11) is 1.67. The van der Waals surface area contributed by atoms with E-state index in [4.69, 9.17) is 14.6 Å². The second-order valence-corrected chi connectivity index (χ2v) is 11.0. The molecule has 0 radical (unpaired) electrons. The lowest BCUT2D eigenvalue weighted by Crippen LogP contribution is -2.34. The summed E-state index contributed by atoms with van der Waals surface area (Å²) < 4.78 is 14.8. The molecule has 0 saturated carbocycles. The molecule has 0 fully saturated rings. The molecule has 0 spiro atoms. The molecule has 2 atom stereocenters. The summed E-state index contributed by atoms with van der Waals surface area (Å²) in [6.07, 6.45) is 0.431. The summed E-state index contributed by atoms with van der Waals surface area (Å²) in [4.78, 5) is 0. The van der Waals surface area contributed by atoms with Gasteiger partial charge in [0.05, 0.1) is 27.8 Å². The molecule has 2 aliphatic heterocycles. The van der Waals surface area contributed by atoms with Crippen molar-refractivity contribution in [2.75, 3.05) is 7.11 Å². The standard InChI is InChI=1S/C27H19Br3N2O2/c1-33-25-9-8-18(11-21(25)29)27-32-24(20-12-19(28)13-22(30)26(20)34-27)14-23(31-32)17-7-6-15-4-2-3-5-16(15)10-17/h2-13,24,27H,14H2,1H3/t24-,27+/m0/s1. The molecule has 0 bridgehead atoms. The molecule has 0 amide bonds. The fourth-order valence-electron chi connectivity index (χ4n) is 4.71. The number of halogens is 3. The fraction of sp³-hybridized carbons (Fsp3) is 0.148. The lowest BCUT2D eigenvalue weighted by atomic mass is 9.95. The molecule has 4 nitrogen and oxygen atoms in total. The van der Waals surface area contributed by atoms with E-state index in [1.807, 2.05) is 24.3 Å². The Morgan fingerprint density at radius 2 is 1.74 bits per heavy atom. The number of hydrogen-bond acceptors (Lipinski definition) is 4. The SMILES string of the molecule is COc1ccc([C@H]2Oc3c(Br)cc(Br)cc3[C@@H]3CC(c4ccc5ccccc5c4)=NN23)cc1Br. The number of benzene rings is 4. The normalized spacial score (nSPS) is 18.8. The molecule has 34 heavy (non-hydrogen) atoms. The van der Waals surface area contributed by atoms with Crippen molar-refractivity contribution in [3.8, 4) is 11.5 Å². The van der Waals surface area contributed by atoms with E-state index < -0.39 is 0 Å². The lowest BCUT2D eigenvalue weighted by molar-refractivity contribution is -0.0197. The summed E-state index contributed by atoms with van der Waals surface area (Å²) in [6.45, 7) is 0. The minimum absolute atomic E-state index is 0.0601. The third kappa shape index (κ3) is 3.74. The number of hydrogen-bond donors (Lipinski definition) is 0. The average molecular weight is 643 g/mol. The van der Waals surface area contributed by atoms with Gasteiger partial charge in [0, 0.05) is 22.0 Å². The Labute approximate surface area is 222 Å². The van der Waals surface area contributed by atoms with E-state index in [1.54, 1.807) is 7.11 Å². The zero-order valence-corrected chi connectivity index (χ0v) is 22.9. The van der Waals surface area contributed by atoms with Gasteiger partial charge < -0.3 is 9.47 Å². The maximum Gasteiger partial charge on any atom is 0.213 e. The van der Waals surface area contributed by atoms with Crippen molar-refractivity contribution in [3.63, 3.8) is 0 Å². The van der Waals surface area contributed by atoms with Gasteiger partial charge in [-0.05, 0) is 84.6 Å². The molecule has 170 valence electrons. The quantitative estimate of drug-likeness (QED) is 0.225. The molecule has 0 aromatic heterocycles. The van der Waals surface area contributed by atoms with E-state index in [-0.39, 0.29) is 12.3 Å². The van der Waals surface area contributed by atoms with Crippen molar-refractivity contribution in [2.45, 2.75) is 18.7 Å². The van der Waals surface area contributed by atoms with Gasteiger partial charge in [-0.1, -0.05) is 52.3 Å². The predicted molar refractivity (Wildman–Crippen MR) is 146 cm³/mol. The van der Waals surface area contributed by atoms with Crippen LogP contribution in [0.1, 0.15) is 35.4 Å². The minimum atomic E-state index is -0.366. The van der Waals surface area contributed by atoms with E-state index in [0.29, 0.717) is 0 Å². The summed E-state index contributed by atoms with van der Waals surface area (Å²) >= 11 is 11.0. The highest BCUT2D eigenvalue weighted by molar-refractivity contribution is 9.11. The van der Waals surface area contributed by atoms with Crippen molar-refractivity contribution in [2.24, 2.45) is 5.10 Å². The van der Waals surface area contributed by atoms with E-state index in [1.165, 1.54) is 10.8 Å². The van der Waals surface area contributed by atoms with Crippen LogP contribution < -0.4 is 9.47 Å². The topological polar surface area (TPSA) is 34.1 Å². The molecule has 7 heteroatoms. The molecular weight excluding hydrogens is 624 g/mol. The van der Waals surface area contributed by atoms with Crippen molar-refractivity contribution in [1.29, 1.82) is 0 Å². The van der Waals surface area contributed by atoms with Crippen LogP contribution in [0.2, 0.25) is 0 Å². The first kappa shape index (κ1) is 22.1. The van der Waals surface area contributed by atoms with Crippen molar-refractivity contribution >= 4 is 64.3 Å². The van der Waals surface area contributed by atoms with Crippen molar-refractivity contribution < 1.29 is 9.47 Å². The highest BCUT2D eigenvalue weighted by Crippen LogP contribution is 2.51. The molecule has 2 heterocycles. The van der Waals surface area contributed by atoms with E-state index in [2.05, 4.69) is 101 Å². The van der Waals surface area contributed by atoms with E-state index >= 15 is 0 Å². The first-order valence-corrected chi connectivity index (χ1v) is 13.2. The van der Waals surface area contributed by atoms with Crippen LogP contribution in [0, 0.1) is 0 Å². The number of nitrogens with zero attached hydrogens (tertiary/aromatic N) is 2. The Balaban J connectivity index is 1.47. The average Bonchev–Trinajstić information content (AvgIpc) is 3.29. The second-order valence-electron chi connectivity index (χ2n) is 8.38. The Morgan fingerprint density at radius 1 is 0.912 bits per heavy atom. The Hall–Kier alpha value is -2.35. The van der Waals surface area contributed by atoms with Crippen LogP contribution in [-0.2, 0) is 0 Å². The number of fused-ring (bicyclic) bond motifs is 4. The van der Waals surface area contributed by atoms with Crippen LogP contribution in [0.15, 0.2) is 91.3 Å². The Kier molecular flexibility index (Phi) is 5.66. The van der Waals surface area contributed by atoms with Crippen LogP contribution in [0.25, 0.3) is 10.8 Å². The molecule has 6 rings (SSSR count). The van der Waals surface area contributed by atoms with Gasteiger partial charge in [-0.2, -0.15) is 5.10 Å². The first-order chi connectivity index (χ1) is 16.5. The number of rotatable bonds is 3. The summed E-state index contributed by atoms with van der Waals surface area (Å²) in [5.41, 5.74) is 4.31. The molecule has 4 aromatic carbocycles.